The zero-order chi connectivity index (χ0) is 18.3. The Hall–Kier alpha value is -2.87. The van der Waals surface area contributed by atoms with Gasteiger partial charge in [0.1, 0.15) is 6.04 Å². The summed E-state index contributed by atoms with van der Waals surface area (Å²) >= 11 is 5.83. The maximum Gasteiger partial charge on any atom is 0.332 e. The number of imidazole rings is 1. The van der Waals surface area contributed by atoms with Crippen molar-refractivity contribution in [3.05, 3.63) is 56.5 Å². The van der Waals surface area contributed by atoms with Gasteiger partial charge in [0, 0.05) is 24.8 Å². The molecule has 0 aliphatic rings. The third kappa shape index (κ3) is 2.85. The molecule has 8 nitrogen and oxygen atoms in total. The maximum absolute atomic E-state index is 12.5. The van der Waals surface area contributed by atoms with Crippen molar-refractivity contribution in [3.8, 4) is 0 Å². The Kier molecular flexibility index (Phi) is 4.22. The minimum atomic E-state index is -0.703. The molecular formula is C16H16ClN5O3. The average Bonchev–Trinajstić information content (AvgIpc) is 3.04. The van der Waals surface area contributed by atoms with E-state index in [2.05, 4.69) is 10.3 Å². The van der Waals surface area contributed by atoms with Crippen molar-refractivity contribution in [1.29, 1.82) is 0 Å². The summed E-state index contributed by atoms with van der Waals surface area (Å²) in [6, 6.07) is 5.99. The van der Waals surface area contributed by atoms with Crippen molar-refractivity contribution < 1.29 is 4.79 Å². The van der Waals surface area contributed by atoms with Crippen LogP contribution in [0.1, 0.15) is 13.0 Å². The molecule has 2 aromatic heterocycles. The van der Waals surface area contributed by atoms with Gasteiger partial charge < -0.3 is 9.88 Å². The summed E-state index contributed by atoms with van der Waals surface area (Å²) in [6.45, 7) is 1.65. The Balaban J connectivity index is 2.01. The van der Waals surface area contributed by atoms with Crippen LogP contribution in [0.25, 0.3) is 11.2 Å². The third-order valence-electron chi connectivity index (χ3n) is 4.08. The van der Waals surface area contributed by atoms with Crippen molar-refractivity contribution in [3.63, 3.8) is 0 Å². The fourth-order valence-electron chi connectivity index (χ4n) is 2.56. The summed E-state index contributed by atoms with van der Waals surface area (Å²) in [6.07, 6.45) is 1.39. The number of hydrogen-bond donors (Lipinski definition) is 1. The molecule has 0 fully saturated rings. The first-order valence-electron chi connectivity index (χ1n) is 7.50. The monoisotopic (exact) mass is 361 g/mol. The van der Waals surface area contributed by atoms with Crippen molar-refractivity contribution in [2.45, 2.75) is 13.0 Å². The summed E-state index contributed by atoms with van der Waals surface area (Å²) in [4.78, 5) is 41.1. The Morgan fingerprint density at radius 3 is 2.44 bits per heavy atom. The minimum Gasteiger partial charge on any atom is -0.324 e. The molecule has 0 aliphatic heterocycles. The molecule has 3 rings (SSSR count). The molecular weight excluding hydrogens is 346 g/mol. The smallest absolute Gasteiger partial charge is 0.324 e. The molecule has 1 atom stereocenters. The third-order valence-corrected chi connectivity index (χ3v) is 4.33. The van der Waals surface area contributed by atoms with Gasteiger partial charge >= 0.3 is 5.69 Å². The number of rotatable bonds is 3. The van der Waals surface area contributed by atoms with Crippen molar-refractivity contribution >= 4 is 34.4 Å². The lowest BCUT2D eigenvalue weighted by Gasteiger charge is -2.15. The highest BCUT2D eigenvalue weighted by molar-refractivity contribution is 6.30. The molecule has 1 N–H and O–H groups in total. The molecule has 9 heteroatoms. The number of fused-ring (bicyclic) bond motifs is 1. The van der Waals surface area contributed by atoms with Crippen LogP contribution in [0.2, 0.25) is 5.02 Å². The van der Waals surface area contributed by atoms with Crippen LogP contribution in [-0.4, -0.2) is 24.6 Å². The van der Waals surface area contributed by atoms with Gasteiger partial charge in [-0.05, 0) is 31.2 Å². The number of nitrogens with zero attached hydrogens (tertiary/aromatic N) is 4. The summed E-state index contributed by atoms with van der Waals surface area (Å²) in [5, 5.41) is 3.32. The van der Waals surface area contributed by atoms with Gasteiger partial charge in [-0.1, -0.05) is 11.6 Å². The molecule has 0 aliphatic carbocycles. The molecule has 0 spiro atoms. The number of anilines is 1. The van der Waals surface area contributed by atoms with E-state index in [0.29, 0.717) is 10.7 Å². The highest BCUT2D eigenvalue weighted by Crippen LogP contribution is 2.17. The van der Waals surface area contributed by atoms with Gasteiger partial charge in [-0.15, -0.1) is 0 Å². The number of carbonyl (C=O) groups excluding carboxylic acids is 1. The molecule has 3 aromatic rings. The van der Waals surface area contributed by atoms with E-state index >= 15 is 0 Å². The zero-order valence-corrected chi connectivity index (χ0v) is 14.6. The number of amides is 1. The summed E-state index contributed by atoms with van der Waals surface area (Å²) in [5.74, 6) is -0.322. The molecule has 1 amide bonds. The molecule has 1 aromatic carbocycles. The molecule has 0 bridgehead atoms. The number of aromatic nitrogens is 4. The number of nitrogens with one attached hydrogen (secondary N) is 1. The van der Waals surface area contributed by atoms with E-state index in [1.165, 1.54) is 29.6 Å². The van der Waals surface area contributed by atoms with E-state index in [1.54, 1.807) is 31.2 Å². The Labute approximate surface area is 147 Å². The Bertz CT molecular complexity index is 1080. The van der Waals surface area contributed by atoms with Crippen LogP contribution in [0.15, 0.2) is 40.2 Å². The molecule has 25 heavy (non-hydrogen) atoms. The highest BCUT2D eigenvalue weighted by Gasteiger charge is 2.21. The van der Waals surface area contributed by atoms with E-state index in [4.69, 9.17) is 11.6 Å². The van der Waals surface area contributed by atoms with E-state index in [-0.39, 0.29) is 17.1 Å². The van der Waals surface area contributed by atoms with Crippen LogP contribution in [0.5, 0.6) is 0 Å². The minimum absolute atomic E-state index is 0.198. The van der Waals surface area contributed by atoms with Crippen LogP contribution in [-0.2, 0) is 18.9 Å². The zero-order valence-electron chi connectivity index (χ0n) is 13.9. The fraction of sp³-hybridized carbons (Fsp3) is 0.250. The van der Waals surface area contributed by atoms with Gasteiger partial charge in [0.2, 0.25) is 5.91 Å². The van der Waals surface area contributed by atoms with E-state index < -0.39 is 17.3 Å². The van der Waals surface area contributed by atoms with Crippen LogP contribution in [0, 0.1) is 0 Å². The van der Waals surface area contributed by atoms with Crippen LogP contribution >= 0.6 is 11.6 Å². The second-order valence-electron chi connectivity index (χ2n) is 5.70. The molecule has 0 unspecified atom stereocenters. The number of halogens is 1. The van der Waals surface area contributed by atoms with Crippen molar-refractivity contribution in [2.75, 3.05) is 5.32 Å². The molecule has 0 saturated carbocycles. The fourth-order valence-corrected chi connectivity index (χ4v) is 2.69. The van der Waals surface area contributed by atoms with Gasteiger partial charge in [0.05, 0.1) is 6.33 Å². The average molecular weight is 362 g/mol. The standard InChI is InChI=1S/C16H16ClN5O3/c1-9(14(23)19-11-6-4-10(17)5-7-11)22-8-18-13-12(22)15(24)21(3)16(25)20(13)2/h4-9H,1-3H3,(H,19,23)/t9-/m0/s1. The van der Waals surface area contributed by atoms with Crippen LogP contribution in [0.3, 0.4) is 0 Å². The normalized spacial score (nSPS) is 12.3. The van der Waals surface area contributed by atoms with Gasteiger partial charge in [0.15, 0.2) is 11.2 Å². The molecule has 0 radical (unpaired) electrons. The number of carbonyl (C=O) groups is 1. The first kappa shape index (κ1) is 17.0. The first-order valence-corrected chi connectivity index (χ1v) is 7.88. The number of benzene rings is 1. The number of aryl methyl sites for hydroxylation is 1. The lowest BCUT2D eigenvalue weighted by molar-refractivity contribution is -0.118. The van der Waals surface area contributed by atoms with Crippen molar-refractivity contribution in [2.24, 2.45) is 14.1 Å². The van der Waals surface area contributed by atoms with Gasteiger partial charge in [-0.25, -0.2) is 9.78 Å². The Morgan fingerprint density at radius 1 is 1.16 bits per heavy atom. The predicted molar refractivity (Wildman–Crippen MR) is 95.0 cm³/mol. The van der Waals surface area contributed by atoms with E-state index in [1.807, 2.05) is 0 Å². The van der Waals surface area contributed by atoms with Gasteiger partial charge in [0.25, 0.3) is 5.56 Å². The van der Waals surface area contributed by atoms with Crippen molar-refractivity contribution in [1.82, 2.24) is 18.7 Å². The summed E-state index contributed by atoms with van der Waals surface area (Å²) in [5.41, 5.74) is 0.0522. The highest BCUT2D eigenvalue weighted by atomic mass is 35.5. The molecule has 0 saturated heterocycles. The first-order chi connectivity index (χ1) is 11.8. The largest absolute Gasteiger partial charge is 0.332 e. The second-order valence-corrected chi connectivity index (χ2v) is 6.14. The summed E-state index contributed by atoms with van der Waals surface area (Å²) in [7, 11) is 2.92. The van der Waals surface area contributed by atoms with Crippen LogP contribution < -0.4 is 16.6 Å². The van der Waals surface area contributed by atoms with E-state index in [0.717, 1.165) is 4.57 Å². The molecule has 2 heterocycles. The quantitative estimate of drug-likeness (QED) is 0.761. The second kappa shape index (κ2) is 6.21. The topological polar surface area (TPSA) is 90.9 Å². The lowest BCUT2D eigenvalue weighted by atomic mass is 10.2. The van der Waals surface area contributed by atoms with Gasteiger partial charge in [-0.2, -0.15) is 0 Å². The lowest BCUT2D eigenvalue weighted by Crippen LogP contribution is -2.38. The SMILES string of the molecule is C[C@@H](C(=O)Nc1ccc(Cl)cc1)n1cnc2c1c(=O)n(C)c(=O)n2C. The van der Waals surface area contributed by atoms with Gasteiger partial charge in [-0.3, -0.25) is 18.7 Å². The van der Waals surface area contributed by atoms with E-state index in [9.17, 15) is 14.4 Å². The number of hydrogen-bond acceptors (Lipinski definition) is 4. The summed E-state index contributed by atoms with van der Waals surface area (Å²) < 4.78 is 3.73. The Morgan fingerprint density at radius 2 is 1.80 bits per heavy atom. The predicted octanol–water partition coefficient (Wildman–Crippen LogP) is 1.29. The van der Waals surface area contributed by atoms with Crippen LogP contribution in [0.4, 0.5) is 5.69 Å². The molecule has 130 valence electrons. The maximum atomic E-state index is 12.5.